The van der Waals surface area contributed by atoms with E-state index in [0.717, 1.165) is 48.7 Å². The van der Waals surface area contributed by atoms with Crippen molar-refractivity contribution in [2.24, 2.45) is 0 Å². The van der Waals surface area contributed by atoms with Crippen molar-refractivity contribution >= 4 is 13.3 Å². The number of para-hydroxylation sites is 2. The van der Waals surface area contributed by atoms with E-state index in [1.165, 1.54) is 0 Å². The van der Waals surface area contributed by atoms with Crippen LogP contribution in [0.5, 0.6) is 5.75 Å². The molecule has 2 aromatic carbocycles. The standard InChI is InChI=1S/C19H25N2O4P/c1-25-19-9-5-4-8-18(19)21-12-10-20(11-13-21)14-16-6-2-3-7-17(16)15-26(22,23)24/h2-9H,10-15H2,1H3,(H2,22,23,24). The fourth-order valence-corrected chi connectivity index (χ4v) is 4.12. The average Bonchev–Trinajstić information content (AvgIpc) is 2.63. The third kappa shape index (κ3) is 4.86. The van der Waals surface area contributed by atoms with Crippen LogP contribution in [0.15, 0.2) is 48.5 Å². The summed E-state index contributed by atoms with van der Waals surface area (Å²) in [7, 11) is -2.38. The molecule has 2 N–H and O–H groups in total. The first-order chi connectivity index (χ1) is 12.5. The Labute approximate surface area is 154 Å². The second kappa shape index (κ2) is 8.23. The lowest BCUT2D eigenvalue weighted by molar-refractivity contribution is 0.248. The fraction of sp³-hybridized carbons (Fsp3) is 0.368. The Morgan fingerprint density at radius 3 is 2.23 bits per heavy atom. The average molecular weight is 376 g/mol. The molecule has 1 aliphatic rings. The van der Waals surface area contributed by atoms with Crippen LogP contribution in [-0.2, 0) is 17.3 Å². The molecule has 3 rings (SSSR count). The number of methoxy groups -OCH3 is 1. The van der Waals surface area contributed by atoms with Gasteiger partial charge in [0.2, 0.25) is 0 Å². The molecule has 0 amide bonds. The zero-order valence-corrected chi connectivity index (χ0v) is 15.8. The number of hydrogen-bond acceptors (Lipinski definition) is 4. The summed E-state index contributed by atoms with van der Waals surface area (Å²) >= 11 is 0. The lowest BCUT2D eigenvalue weighted by Crippen LogP contribution is -2.46. The van der Waals surface area contributed by atoms with Crippen LogP contribution in [0.1, 0.15) is 11.1 Å². The van der Waals surface area contributed by atoms with Crippen LogP contribution < -0.4 is 9.64 Å². The molecular formula is C19H25N2O4P. The first-order valence-electron chi connectivity index (χ1n) is 8.68. The molecule has 0 radical (unpaired) electrons. The molecule has 6 nitrogen and oxygen atoms in total. The van der Waals surface area contributed by atoms with Gasteiger partial charge in [0.15, 0.2) is 0 Å². The first-order valence-corrected chi connectivity index (χ1v) is 10.5. The molecule has 0 atom stereocenters. The molecule has 0 unspecified atom stereocenters. The number of ether oxygens (including phenoxy) is 1. The summed E-state index contributed by atoms with van der Waals surface area (Å²) in [4.78, 5) is 23.2. The van der Waals surface area contributed by atoms with Crippen molar-refractivity contribution < 1.29 is 19.1 Å². The molecule has 0 aliphatic carbocycles. The zero-order valence-electron chi connectivity index (χ0n) is 14.9. The van der Waals surface area contributed by atoms with Crippen molar-refractivity contribution in [3.05, 3.63) is 59.7 Å². The van der Waals surface area contributed by atoms with Gasteiger partial charge in [0.1, 0.15) is 5.75 Å². The molecule has 2 aromatic rings. The molecule has 0 bridgehead atoms. The van der Waals surface area contributed by atoms with E-state index in [-0.39, 0.29) is 6.16 Å². The molecular weight excluding hydrogens is 351 g/mol. The Morgan fingerprint density at radius 2 is 1.58 bits per heavy atom. The highest BCUT2D eigenvalue weighted by atomic mass is 31.2. The van der Waals surface area contributed by atoms with Gasteiger partial charge in [-0.25, -0.2) is 0 Å². The Hall–Kier alpha value is -1.85. The van der Waals surface area contributed by atoms with Crippen LogP contribution in [-0.4, -0.2) is 48.0 Å². The highest BCUT2D eigenvalue weighted by molar-refractivity contribution is 7.50. The van der Waals surface area contributed by atoms with Crippen LogP contribution >= 0.6 is 7.60 Å². The van der Waals surface area contributed by atoms with Gasteiger partial charge in [-0.15, -0.1) is 0 Å². The largest absolute Gasteiger partial charge is 0.495 e. The van der Waals surface area contributed by atoms with Gasteiger partial charge in [-0.2, -0.15) is 0 Å². The van der Waals surface area contributed by atoms with Gasteiger partial charge >= 0.3 is 7.60 Å². The second-order valence-electron chi connectivity index (χ2n) is 6.53. The molecule has 140 valence electrons. The van der Waals surface area contributed by atoms with E-state index in [9.17, 15) is 14.4 Å². The van der Waals surface area contributed by atoms with E-state index >= 15 is 0 Å². The molecule has 26 heavy (non-hydrogen) atoms. The lowest BCUT2D eigenvalue weighted by atomic mass is 10.1. The molecule has 1 fully saturated rings. The summed E-state index contributed by atoms with van der Waals surface area (Å²) in [5, 5.41) is 0. The number of rotatable bonds is 6. The summed E-state index contributed by atoms with van der Waals surface area (Å²) < 4.78 is 16.8. The molecule has 1 saturated heterocycles. The van der Waals surface area contributed by atoms with E-state index in [1.807, 2.05) is 36.4 Å². The smallest absolute Gasteiger partial charge is 0.329 e. The maximum absolute atomic E-state index is 11.4. The van der Waals surface area contributed by atoms with Crippen molar-refractivity contribution in [2.45, 2.75) is 12.7 Å². The maximum Gasteiger partial charge on any atom is 0.329 e. The van der Waals surface area contributed by atoms with Crippen molar-refractivity contribution in [3.63, 3.8) is 0 Å². The number of hydrogen-bond donors (Lipinski definition) is 2. The lowest BCUT2D eigenvalue weighted by Gasteiger charge is -2.36. The number of anilines is 1. The van der Waals surface area contributed by atoms with Gasteiger partial charge in [-0.1, -0.05) is 36.4 Å². The van der Waals surface area contributed by atoms with Gasteiger partial charge in [0, 0.05) is 32.7 Å². The van der Waals surface area contributed by atoms with Crippen molar-refractivity contribution in [3.8, 4) is 5.75 Å². The van der Waals surface area contributed by atoms with Crippen LogP contribution in [0.4, 0.5) is 5.69 Å². The summed E-state index contributed by atoms with van der Waals surface area (Å²) in [6, 6.07) is 15.5. The Morgan fingerprint density at radius 1 is 0.962 bits per heavy atom. The topological polar surface area (TPSA) is 73.2 Å². The predicted octanol–water partition coefficient (Wildman–Crippen LogP) is 2.70. The molecule has 0 aromatic heterocycles. The summed E-state index contributed by atoms with van der Waals surface area (Å²) in [6.07, 6.45) is -0.204. The van der Waals surface area contributed by atoms with Gasteiger partial charge in [-0.05, 0) is 23.3 Å². The van der Waals surface area contributed by atoms with E-state index in [1.54, 1.807) is 13.2 Å². The monoisotopic (exact) mass is 376 g/mol. The third-order valence-electron chi connectivity index (χ3n) is 4.69. The molecule has 7 heteroatoms. The van der Waals surface area contributed by atoms with Crippen LogP contribution in [0.25, 0.3) is 0 Å². The summed E-state index contributed by atoms with van der Waals surface area (Å²) in [6.45, 7) is 4.27. The molecule has 0 spiro atoms. The second-order valence-corrected chi connectivity index (χ2v) is 8.17. The summed E-state index contributed by atoms with van der Waals surface area (Å²) in [5.41, 5.74) is 2.83. The highest BCUT2D eigenvalue weighted by Gasteiger charge is 2.21. The van der Waals surface area contributed by atoms with Gasteiger partial charge in [0.25, 0.3) is 0 Å². The van der Waals surface area contributed by atoms with Crippen molar-refractivity contribution in [1.82, 2.24) is 4.90 Å². The van der Waals surface area contributed by atoms with Crippen LogP contribution in [0.2, 0.25) is 0 Å². The zero-order chi connectivity index (χ0) is 18.6. The minimum atomic E-state index is -4.07. The number of nitrogens with zero attached hydrogens (tertiary/aromatic N) is 2. The predicted molar refractivity (Wildman–Crippen MR) is 103 cm³/mol. The van der Waals surface area contributed by atoms with E-state index in [0.29, 0.717) is 6.54 Å². The van der Waals surface area contributed by atoms with E-state index in [4.69, 9.17) is 4.74 Å². The third-order valence-corrected chi connectivity index (χ3v) is 5.44. The quantitative estimate of drug-likeness (QED) is 0.756. The molecule has 0 saturated carbocycles. The SMILES string of the molecule is COc1ccccc1N1CCN(Cc2ccccc2CP(=O)(O)O)CC1. The van der Waals surface area contributed by atoms with Gasteiger partial charge in [-0.3, -0.25) is 9.46 Å². The maximum atomic E-state index is 11.4. The summed E-state index contributed by atoms with van der Waals surface area (Å²) in [5.74, 6) is 0.882. The Bertz CT molecular complexity index is 785. The molecule has 1 aliphatic heterocycles. The van der Waals surface area contributed by atoms with Gasteiger partial charge in [0.05, 0.1) is 19.0 Å². The molecule has 1 heterocycles. The minimum absolute atomic E-state index is 0.204. The number of piperazine rings is 1. The van der Waals surface area contributed by atoms with E-state index in [2.05, 4.69) is 15.9 Å². The Kier molecular flexibility index (Phi) is 5.99. The number of benzene rings is 2. The Balaban J connectivity index is 1.64. The first kappa shape index (κ1) is 18.9. The van der Waals surface area contributed by atoms with Crippen molar-refractivity contribution in [1.29, 1.82) is 0 Å². The fourth-order valence-electron chi connectivity index (χ4n) is 3.37. The van der Waals surface area contributed by atoms with Crippen LogP contribution in [0, 0.1) is 0 Å². The van der Waals surface area contributed by atoms with Crippen molar-refractivity contribution in [2.75, 3.05) is 38.2 Å². The van der Waals surface area contributed by atoms with E-state index < -0.39 is 7.60 Å². The highest BCUT2D eigenvalue weighted by Crippen LogP contribution is 2.40. The minimum Gasteiger partial charge on any atom is -0.495 e. The van der Waals surface area contributed by atoms with Crippen LogP contribution in [0.3, 0.4) is 0 Å². The van der Waals surface area contributed by atoms with Gasteiger partial charge < -0.3 is 19.4 Å². The normalized spacial score (nSPS) is 15.9.